The Kier molecular flexibility index (Phi) is 9.85. The van der Waals surface area contributed by atoms with E-state index in [1.54, 1.807) is 0 Å². The molecule has 0 saturated carbocycles. The van der Waals surface area contributed by atoms with Crippen molar-refractivity contribution in [1.82, 2.24) is 4.90 Å². The Labute approximate surface area is 185 Å². The summed E-state index contributed by atoms with van der Waals surface area (Å²) < 4.78 is 221. The number of alkyl halides is 13. The summed E-state index contributed by atoms with van der Waals surface area (Å²) >= 11 is 0. The summed E-state index contributed by atoms with van der Waals surface area (Å²) in [4.78, 5) is 1.05. The van der Waals surface area contributed by atoms with Crippen molar-refractivity contribution in [3.05, 3.63) is 12.1 Å². The van der Waals surface area contributed by atoms with Crippen molar-refractivity contribution in [1.29, 1.82) is 0 Å². The third-order valence-corrected chi connectivity index (χ3v) is 4.19. The predicted octanol–water partition coefficient (Wildman–Crippen LogP) is 6.39. The molecule has 0 bridgehead atoms. The summed E-state index contributed by atoms with van der Waals surface area (Å²) in [5.74, 6) is -14.7. The van der Waals surface area contributed by atoms with Crippen molar-refractivity contribution in [2.75, 3.05) is 27.7 Å². The molecule has 0 radical (unpaired) electrons. The van der Waals surface area contributed by atoms with Crippen LogP contribution in [0.1, 0.15) is 12.8 Å². The van der Waals surface area contributed by atoms with Gasteiger partial charge in [0.15, 0.2) is 0 Å². The molecule has 35 heavy (non-hydrogen) atoms. The topological polar surface area (TPSA) is 30.9 Å². The molecular weight excluding hydrogens is 546 g/mol. The minimum Gasteiger partial charge on any atom is -0.398 e. The number of ether oxygens (including phenoxy) is 3. The third kappa shape index (κ3) is 6.36. The molecule has 0 fully saturated rings. The van der Waals surface area contributed by atoms with Crippen molar-refractivity contribution >= 4 is 0 Å². The quantitative estimate of drug-likeness (QED) is 0.204. The molecule has 2 unspecified atom stereocenters. The first kappa shape index (κ1) is 33.3. The number of nitrogens with zero attached hydrogens (tertiary/aromatic N) is 1. The van der Waals surface area contributed by atoms with E-state index in [0.29, 0.717) is 0 Å². The summed E-state index contributed by atoms with van der Waals surface area (Å²) in [5.41, 5.74) is -5.46. The molecule has 0 heterocycles. The van der Waals surface area contributed by atoms with Gasteiger partial charge in [-0.25, -0.2) is 0 Å². The van der Waals surface area contributed by atoms with Crippen LogP contribution in [0, 0.1) is 0 Å². The summed E-state index contributed by atoms with van der Waals surface area (Å²) in [5, 5.41) is 0. The molecular formula is C15H15F16NO3. The largest absolute Gasteiger partial charge is 0.471 e. The molecule has 0 aliphatic heterocycles. The first-order chi connectivity index (χ1) is 15.3. The van der Waals surface area contributed by atoms with Crippen LogP contribution in [0.15, 0.2) is 12.1 Å². The molecule has 2 atom stereocenters. The predicted molar refractivity (Wildman–Crippen MR) is 80.8 cm³/mol. The highest BCUT2D eigenvalue weighted by atomic mass is 19.4. The second-order valence-electron chi connectivity index (χ2n) is 6.87. The van der Waals surface area contributed by atoms with Crippen LogP contribution in [0.2, 0.25) is 0 Å². The lowest BCUT2D eigenvalue weighted by Crippen LogP contribution is -2.71. The highest BCUT2D eigenvalue weighted by Crippen LogP contribution is 2.58. The van der Waals surface area contributed by atoms with Crippen molar-refractivity contribution in [2.24, 2.45) is 0 Å². The second kappa shape index (κ2) is 10.3. The van der Waals surface area contributed by atoms with Gasteiger partial charge in [-0.15, -0.1) is 0 Å². The molecule has 0 N–H and O–H groups in total. The fraction of sp³-hybridized carbons (Fsp3) is 0.867. The van der Waals surface area contributed by atoms with Gasteiger partial charge in [-0.3, -0.25) is 4.74 Å². The SMILES string of the molecule is COC(CCCN(C)C)(C(F)(F)F)C(F)(F)C(F)(F)OC(F)(C(F)(F)F)C(F)(F)OC(F)=C(F)F. The van der Waals surface area contributed by atoms with Crippen LogP contribution in [-0.4, -0.2) is 74.6 Å². The first-order valence-corrected chi connectivity index (χ1v) is 8.52. The molecule has 0 rings (SSSR count). The molecule has 0 aliphatic rings. The zero-order chi connectivity index (χ0) is 28.5. The first-order valence-electron chi connectivity index (χ1n) is 8.52. The number of halogens is 16. The molecule has 0 amide bonds. The van der Waals surface area contributed by atoms with Crippen molar-refractivity contribution in [3.8, 4) is 0 Å². The van der Waals surface area contributed by atoms with E-state index >= 15 is 0 Å². The highest BCUT2D eigenvalue weighted by Gasteiger charge is 2.86. The van der Waals surface area contributed by atoms with E-state index in [9.17, 15) is 70.2 Å². The number of hydrogen-bond donors (Lipinski definition) is 0. The average Bonchev–Trinajstić information content (AvgIpc) is 2.61. The Balaban J connectivity index is 6.79. The maximum absolute atomic E-state index is 14.5. The smallest absolute Gasteiger partial charge is 0.398 e. The van der Waals surface area contributed by atoms with Crippen LogP contribution in [-0.2, 0) is 14.2 Å². The summed E-state index contributed by atoms with van der Waals surface area (Å²) in [6.07, 6.45) is -36.2. The Morgan fingerprint density at radius 3 is 1.49 bits per heavy atom. The van der Waals surface area contributed by atoms with Gasteiger partial charge in [-0.2, -0.15) is 70.2 Å². The van der Waals surface area contributed by atoms with E-state index in [-0.39, 0.29) is 7.11 Å². The van der Waals surface area contributed by atoms with Crippen molar-refractivity contribution in [2.45, 2.75) is 54.8 Å². The Morgan fingerprint density at radius 1 is 0.714 bits per heavy atom. The fourth-order valence-corrected chi connectivity index (χ4v) is 2.44. The van der Waals surface area contributed by atoms with E-state index in [0.717, 1.165) is 4.90 Å². The van der Waals surface area contributed by atoms with Crippen LogP contribution in [0.25, 0.3) is 0 Å². The van der Waals surface area contributed by atoms with E-state index in [2.05, 4.69) is 4.74 Å². The standard InChI is InChI=1S/C15H15F16NO3/c1-32(2)6-4-5-9(33-3,12(22,23)24)10(19,20)14(28,29)35-11(21,13(25,26)27)15(30,31)34-8(18)7(16)17/h4-6H2,1-3H3. The number of methoxy groups -OCH3 is 1. The third-order valence-electron chi connectivity index (χ3n) is 4.19. The van der Waals surface area contributed by atoms with E-state index in [1.807, 2.05) is 9.47 Å². The molecule has 0 aromatic rings. The lowest BCUT2D eigenvalue weighted by Gasteiger charge is -2.44. The Bertz CT molecular complexity index is 745. The zero-order valence-electron chi connectivity index (χ0n) is 17.3. The summed E-state index contributed by atoms with van der Waals surface area (Å²) in [6.45, 7) is -0.536. The Hall–Kier alpha value is -1.70. The zero-order valence-corrected chi connectivity index (χ0v) is 17.3. The van der Waals surface area contributed by atoms with Crippen LogP contribution in [0.3, 0.4) is 0 Å². The molecule has 0 spiro atoms. The normalized spacial score (nSPS) is 17.7. The van der Waals surface area contributed by atoms with Gasteiger partial charge in [0.25, 0.3) is 0 Å². The molecule has 0 aromatic heterocycles. The van der Waals surface area contributed by atoms with Gasteiger partial charge in [0.2, 0.25) is 5.60 Å². The number of rotatable bonds is 12. The lowest BCUT2D eigenvalue weighted by molar-refractivity contribution is -0.531. The molecule has 210 valence electrons. The maximum atomic E-state index is 14.5. The monoisotopic (exact) mass is 561 g/mol. The summed E-state index contributed by atoms with van der Waals surface area (Å²) in [7, 11) is 2.10. The minimum absolute atomic E-state index is 0.249. The molecule has 20 heteroatoms. The van der Waals surface area contributed by atoms with E-state index in [1.165, 1.54) is 14.1 Å². The van der Waals surface area contributed by atoms with Gasteiger partial charge >= 0.3 is 48.4 Å². The van der Waals surface area contributed by atoms with Gasteiger partial charge in [0.05, 0.1) is 0 Å². The van der Waals surface area contributed by atoms with Gasteiger partial charge in [0, 0.05) is 7.11 Å². The number of hydrogen-bond acceptors (Lipinski definition) is 4. The molecule has 0 aromatic carbocycles. The van der Waals surface area contributed by atoms with Crippen LogP contribution >= 0.6 is 0 Å². The van der Waals surface area contributed by atoms with Gasteiger partial charge < -0.3 is 14.4 Å². The van der Waals surface area contributed by atoms with Crippen LogP contribution in [0.4, 0.5) is 70.2 Å². The van der Waals surface area contributed by atoms with Gasteiger partial charge in [0.1, 0.15) is 0 Å². The minimum atomic E-state index is -7.61. The average molecular weight is 561 g/mol. The highest BCUT2D eigenvalue weighted by molar-refractivity contribution is 5.06. The van der Waals surface area contributed by atoms with Crippen LogP contribution < -0.4 is 0 Å². The molecule has 0 aliphatic carbocycles. The maximum Gasteiger partial charge on any atom is 0.471 e. The van der Waals surface area contributed by atoms with Gasteiger partial charge in [-0.1, -0.05) is 0 Å². The second-order valence-corrected chi connectivity index (χ2v) is 6.87. The van der Waals surface area contributed by atoms with E-state index in [4.69, 9.17) is 0 Å². The van der Waals surface area contributed by atoms with Crippen molar-refractivity contribution < 1.29 is 84.5 Å². The van der Waals surface area contributed by atoms with Gasteiger partial charge in [-0.05, 0) is 33.5 Å². The molecule has 4 nitrogen and oxygen atoms in total. The summed E-state index contributed by atoms with van der Waals surface area (Å²) in [6, 6.07) is -3.98. The Morgan fingerprint density at radius 2 is 1.17 bits per heavy atom. The van der Waals surface area contributed by atoms with E-state index < -0.39 is 73.4 Å². The molecule has 0 saturated heterocycles. The van der Waals surface area contributed by atoms with Crippen LogP contribution in [0.5, 0.6) is 0 Å². The van der Waals surface area contributed by atoms with Crippen molar-refractivity contribution in [3.63, 3.8) is 0 Å². The fourth-order valence-electron chi connectivity index (χ4n) is 2.44. The lowest BCUT2D eigenvalue weighted by atomic mass is 9.87.